The number of fused-ring (bicyclic) bond motifs is 1. The third kappa shape index (κ3) is 3.57. The molecule has 158 valence electrons. The van der Waals surface area contributed by atoms with Gasteiger partial charge < -0.3 is 10.2 Å². The molecular formula is C26H26N2O2S. The number of nitrogens with zero attached hydrogens (tertiary/aromatic N) is 1. The van der Waals surface area contributed by atoms with Gasteiger partial charge in [-0.25, -0.2) is 0 Å². The Bertz CT molecular complexity index is 1100. The van der Waals surface area contributed by atoms with Crippen LogP contribution in [-0.2, 0) is 4.79 Å². The van der Waals surface area contributed by atoms with Gasteiger partial charge in [0, 0.05) is 22.2 Å². The van der Waals surface area contributed by atoms with Crippen LogP contribution in [0.15, 0.2) is 66.0 Å². The quantitative estimate of drug-likeness (QED) is 0.559. The van der Waals surface area contributed by atoms with E-state index in [2.05, 4.69) is 11.4 Å². The van der Waals surface area contributed by atoms with Gasteiger partial charge in [-0.3, -0.25) is 9.59 Å². The molecular weight excluding hydrogens is 404 g/mol. The smallest absolute Gasteiger partial charge is 0.254 e. The SMILES string of the molecule is Cc1ccccc1NC(=O)[C@H]1c2ccccc2C(=O)N(C2CCCC2)[C@@H]1c1cccs1. The van der Waals surface area contributed by atoms with Gasteiger partial charge in [0.25, 0.3) is 5.91 Å². The predicted octanol–water partition coefficient (Wildman–Crippen LogP) is 5.92. The number of carbonyl (C=O) groups is 2. The second kappa shape index (κ2) is 8.31. The Labute approximate surface area is 186 Å². The molecule has 31 heavy (non-hydrogen) atoms. The molecule has 3 aromatic rings. The van der Waals surface area contributed by atoms with Gasteiger partial charge in [-0.15, -0.1) is 11.3 Å². The summed E-state index contributed by atoms with van der Waals surface area (Å²) in [5, 5.41) is 5.20. The van der Waals surface area contributed by atoms with E-state index in [1.807, 2.05) is 71.8 Å². The van der Waals surface area contributed by atoms with Crippen LogP contribution >= 0.6 is 11.3 Å². The topological polar surface area (TPSA) is 49.4 Å². The zero-order chi connectivity index (χ0) is 21.4. The highest BCUT2D eigenvalue weighted by Gasteiger charge is 2.47. The molecule has 1 N–H and O–H groups in total. The zero-order valence-electron chi connectivity index (χ0n) is 17.6. The summed E-state index contributed by atoms with van der Waals surface area (Å²) in [6.45, 7) is 2.00. The maximum atomic E-state index is 13.8. The van der Waals surface area contributed by atoms with Crippen LogP contribution < -0.4 is 5.32 Å². The Hall–Kier alpha value is -2.92. The molecule has 0 spiro atoms. The van der Waals surface area contributed by atoms with Gasteiger partial charge in [0.2, 0.25) is 5.91 Å². The number of nitrogens with one attached hydrogen (secondary N) is 1. The minimum atomic E-state index is -0.451. The second-order valence-corrected chi connectivity index (χ2v) is 9.46. The van der Waals surface area contributed by atoms with Crippen molar-refractivity contribution in [3.05, 3.63) is 87.6 Å². The maximum absolute atomic E-state index is 13.8. The molecule has 1 aliphatic carbocycles. The summed E-state index contributed by atoms with van der Waals surface area (Å²) in [7, 11) is 0. The fraction of sp³-hybridized carbons (Fsp3) is 0.308. The summed E-state index contributed by atoms with van der Waals surface area (Å²) in [5.74, 6) is -0.454. The number of anilines is 1. The number of benzene rings is 2. The lowest BCUT2D eigenvalue weighted by atomic mass is 9.80. The van der Waals surface area contributed by atoms with Gasteiger partial charge in [0.05, 0.1) is 12.0 Å². The molecule has 2 amide bonds. The minimum Gasteiger partial charge on any atom is -0.327 e. The van der Waals surface area contributed by atoms with Crippen molar-refractivity contribution in [2.24, 2.45) is 0 Å². The van der Waals surface area contributed by atoms with Crippen molar-refractivity contribution < 1.29 is 9.59 Å². The Morgan fingerprint density at radius 2 is 1.74 bits per heavy atom. The number of aryl methyl sites for hydroxylation is 1. The van der Waals surface area contributed by atoms with E-state index in [-0.39, 0.29) is 23.9 Å². The molecule has 1 aliphatic heterocycles. The summed E-state index contributed by atoms with van der Waals surface area (Å²) in [6.07, 6.45) is 4.27. The summed E-state index contributed by atoms with van der Waals surface area (Å²) < 4.78 is 0. The highest BCUT2D eigenvalue weighted by molar-refractivity contribution is 7.10. The van der Waals surface area contributed by atoms with Gasteiger partial charge in [-0.2, -0.15) is 0 Å². The van der Waals surface area contributed by atoms with Crippen molar-refractivity contribution in [1.82, 2.24) is 4.90 Å². The molecule has 1 fully saturated rings. The van der Waals surface area contributed by atoms with Crippen LogP contribution in [0.2, 0.25) is 0 Å². The van der Waals surface area contributed by atoms with Gasteiger partial charge in [0.15, 0.2) is 0 Å². The zero-order valence-corrected chi connectivity index (χ0v) is 18.4. The molecule has 0 radical (unpaired) electrons. The monoisotopic (exact) mass is 430 g/mol. The Morgan fingerprint density at radius 3 is 2.48 bits per heavy atom. The average molecular weight is 431 g/mol. The maximum Gasteiger partial charge on any atom is 0.254 e. The van der Waals surface area contributed by atoms with E-state index in [0.717, 1.165) is 47.4 Å². The number of carbonyl (C=O) groups excluding carboxylic acids is 2. The minimum absolute atomic E-state index is 0.0563. The van der Waals surface area contributed by atoms with Gasteiger partial charge in [-0.1, -0.05) is 55.3 Å². The van der Waals surface area contributed by atoms with Crippen LogP contribution in [0.4, 0.5) is 5.69 Å². The van der Waals surface area contributed by atoms with E-state index >= 15 is 0 Å². The third-order valence-corrected chi connectivity index (χ3v) is 7.56. The Kier molecular flexibility index (Phi) is 5.36. The van der Waals surface area contributed by atoms with Crippen LogP contribution in [0.3, 0.4) is 0 Å². The van der Waals surface area contributed by atoms with Gasteiger partial charge in [0.1, 0.15) is 0 Å². The van der Waals surface area contributed by atoms with E-state index in [4.69, 9.17) is 0 Å². The van der Waals surface area contributed by atoms with E-state index in [0.29, 0.717) is 5.56 Å². The number of hydrogen-bond acceptors (Lipinski definition) is 3. The number of para-hydroxylation sites is 1. The predicted molar refractivity (Wildman–Crippen MR) is 124 cm³/mol. The third-order valence-electron chi connectivity index (χ3n) is 6.61. The van der Waals surface area contributed by atoms with Crippen LogP contribution in [0, 0.1) is 6.92 Å². The molecule has 0 bridgehead atoms. The summed E-state index contributed by atoms with van der Waals surface area (Å²) in [6, 6.07) is 19.4. The van der Waals surface area contributed by atoms with Crippen molar-refractivity contribution in [1.29, 1.82) is 0 Å². The number of hydrogen-bond donors (Lipinski definition) is 1. The Morgan fingerprint density at radius 1 is 1.00 bits per heavy atom. The molecule has 2 aliphatic rings. The first kappa shape index (κ1) is 20.0. The molecule has 2 heterocycles. The van der Waals surface area contributed by atoms with Crippen molar-refractivity contribution in [3.8, 4) is 0 Å². The lowest BCUT2D eigenvalue weighted by molar-refractivity contribution is -0.119. The van der Waals surface area contributed by atoms with E-state index < -0.39 is 5.92 Å². The highest BCUT2D eigenvalue weighted by atomic mass is 32.1. The number of amides is 2. The first-order chi connectivity index (χ1) is 15.1. The fourth-order valence-electron chi connectivity index (χ4n) is 5.10. The second-order valence-electron chi connectivity index (χ2n) is 8.48. The molecule has 2 atom stereocenters. The van der Waals surface area contributed by atoms with Crippen molar-refractivity contribution in [3.63, 3.8) is 0 Å². The van der Waals surface area contributed by atoms with Crippen LogP contribution in [0.25, 0.3) is 0 Å². The lowest BCUT2D eigenvalue weighted by Crippen LogP contribution is -2.49. The van der Waals surface area contributed by atoms with E-state index in [9.17, 15) is 9.59 Å². The fourth-order valence-corrected chi connectivity index (χ4v) is 5.96. The van der Waals surface area contributed by atoms with E-state index in [1.165, 1.54) is 0 Å². The Balaban J connectivity index is 1.63. The van der Waals surface area contributed by atoms with Gasteiger partial charge in [-0.05, 0) is 54.5 Å². The number of rotatable bonds is 4. The summed E-state index contributed by atoms with van der Waals surface area (Å²) >= 11 is 1.63. The summed E-state index contributed by atoms with van der Waals surface area (Å²) in [5.41, 5.74) is 3.33. The number of thiophene rings is 1. The molecule has 1 aromatic heterocycles. The average Bonchev–Trinajstić information content (AvgIpc) is 3.49. The largest absolute Gasteiger partial charge is 0.327 e. The van der Waals surface area contributed by atoms with Crippen LogP contribution in [-0.4, -0.2) is 22.8 Å². The first-order valence-electron chi connectivity index (χ1n) is 11.0. The standard InChI is InChI=1S/C26H26N2O2S/c1-17-9-2-7-14-21(17)27-25(29)23-19-12-5-6-13-20(19)26(30)28(18-10-3-4-11-18)24(23)22-15-8-16-31-22/h2,5-9,12-16,18,23-24H,3-4,10-11H2,1H3,(H,27,29)/t23-,24+/m0/s1. The molecule has 2 aromatic carbocycles. The lowest BCUT2D eigenvalue weighted by Gasteiger charge is -2.44. The highest BCUT2D eigenvalue weighted by Crippen LogP contribution is 2.47. The normalized spacial score (nSPS) is 21.2. The first-order valence-corrected chi connectivity index (χ1v) is 11.8. The molecule has 0 saturated heterocycles. The van der Waals surface area contributed by atoms with Crippen molar-refractivity contribution in [2.75, 3.05) is 5.32 Å². The van der Waals surface area contributed by atoms with Crippen LogP contribution in [0.1, 0.15) is 64.0 Å². The van der Waals surface area contributed by atoms with Crippen LogP contribution in [0.5, 0.6) is 0 Å². The van der Waals surface area contributed by atoms with E-state index in [1.54, 1.807) is 11.3 Å². The van der Waals surface area contributed by atoms with Gasteiger partial charge >= 0.3 is 0 Å². The molecule has 4 nitrogen and oxygen atoms in total. The van der Waals surface area contributed by atoms with Crippen molar-refractivity contribution >= 4 is 28.8 Å². The molecule has 1 saturated carbocycles. The molecule has 5 rings (SSSR count). The molecule has 5 heteroatoms. The summed E-state index contributed by atoms with van der Waals surface area (Å²) in [4.78, 5) is 30.6. The molecule has 0 unspecified atom stereocenters. The van der Waals surface area contributed by atoms with Crippen molar-refractivity contribution in [2.45, 2.75) is 50.6 Å².